The molecule has 0 aliphatic carbocycles. The van der Waals surface area contributed by atoms with Crippen molar-refractivity contribution >= 4 is 15.9 Å². The number of sulfonamides is 1. The number of nitrogens with zero attached hydrogens (tertiary/aromatic N) is 2. The first kappa shape index (κ1) is 21.4. The molecule has 0 spiro atoms. The van der Waals surface area contributed by atoms with Crippen LogP contribution in [0.3, 0.4) is 0 Å². The van der Waals surface area contributed by atoms with Crippen molar-refractivity contribution < 1.29 is 17.6 Å². The van der Waals surface area contributed by atoms with E-state index in [2.05, 4.69) is 5.32 Å². The smallest absolute Gasteiger partial charge is 0.243 e. The summed E-state index contributed by atoms with van der Waals surface area (Å²) in [5.74, 6) is -0.557. The van der Waals surface area contributed by atoms with Crippen molar-refractivity contribution in [3.63, 3.8) is 0 Å². The maximum atomic E-state index is 13.1. The molecule has 8 heteroatoms. The van der Waals surface area contributed by atoms with Gasteiger partial charge >= 0.3 is 0 Å². The van der Waals surface area contributed by atoms with Gasteiger partial charge in [-0.1, -0.05) is 30.3 Å². The Morgan fingerprint density at radius 2 is 1.72 bits per heavy atom. The molecule has 156 valence electrons. The van der Waals surface area contributed by atoms with E-state index in [0.717, 1.165) is 17.7 Å². The topological polar surface area (TPSA) is 69.7 Å². The Kier molecular flexibility index (Phi) is 7.00. The highest BCUT2D eigenvalue weighted by molar-refractivity contribution is 7.89. The summed E-state index contributed by atoms with van der Waals surface area (Å²) in [6.45, 7) is 3.93. The van der Waals surface area contributed by atoms with Gasteiger partial charge in [-0.05, 0) is 49.7 Å². The molecule has 0 unspecified atom stereocenters. The molecule has 3 rings (SSSR count). The molecule has 0 radical (unpaired) electrons. The third kappa shape index (κ3) is 5.62. The van der Waals surface area contributed by atoms with Crippen molar-refractivity contribution in [2.75, 3.05) is 32.7 Å². The molecule has 1 saturated heterocycles. The number of benzene rings is 2. The van der Waals surface area contributed by atoms with Crippen LogP contribution in [-0.2, 0) is 14.8 Å². The highest BCUT2D eigenvalue weighted by Gasteiger charge is 2.27. The number of carbonyl (C=O) groups excluding carboxylic acids is 1. The molecule has 1 aliphatic rings. The molecular formula is C21H26FN3O3S. The zero-order chi connectivity index (χ0) is 20.9. The van der Waals surface area contributed by atoms with Crippen LogP contribution in [0.4, 0.5) is 4.39 Å². The van der Waals surface area contributed by atoms with Crippen LogP contribution in [0.15, 0.2) is 59.5 Å². The second-order valence-electron chi connectivity index (χ2n) is 7.19. The van der Waals surface area contributed by atoms with Crippen LogP contribution in [0.2, 0.25) is 0 Å². The molecule has 1 aliphatic heterocycles. The van der Waals surface area contributed by atoms with Gasteiger partial charge in [0.25, 0.3) is 0 Å². The number of amides is 1. The van der Waals surface area contributed by atoms with Crippen molar-refractivity contribution in [3.8, 4) is 0 Å². The minimum absolute atomic E-state index is 0.0850. The zero-order valence-corrected chi connectivity index (χ0v) is 17.2. The van der Waals surface area contributed by atoms with E-state index in [0.29, 0.717) is 32.6 Å². The van der Waals surface area contributed by atoms with Gasteiger partial charge in [-0.25, -0.2) is 12.8 Å². The lowest BCUT2D eigenvalue weighted by atomic mass is 10.1. The average molecular weight is 420 g/mol. The number of halogens is 1. The molecule has 1 fully saturated rings. The number of rotatable bonds is 6. The summed E-state index contributed by atoms with van der Waals surface area (Å²) in [6.07, 6.45) is 0.627. The number of nitrogens with one attached hydrogen (secondary N) is 1. The summed E-state index contributed by atoms with van der Waals surface area (Å²) < 4.78 is 40.1. The fraction of sp³-hybridized carbons (Fsp3) is 0.381. The van der Waals surface area contributed by atoms with Crippen LogP contribution < -0.4 is 5.32 Å². The van der Waals surface area contributed by atoms with Gasteiger partial charge in [0.1, 0.15) is 5.82 Å². The van der Waals surface area contributed by atoms with Crippen LogP contribution in [-0.4, -0.2) is 56.3 Å². The van der Waals surface area contributed by atoms with Crippen molar-refractivity contribution in [1.82, 2.24) is 14.5 Å². The van der Waals surface area contributed by atoms with Crippen molar-refractivity contribution in [2.24, 2.45) is 0 Å². The Morgan fingerprint density at radius 3 is 2.41 bits per heavy atom. The van der Waals surface area contributed by atoms with Crippen LogP contribution in [0.1, 0.15) is 24.9 Å². The maximum Gasteiger partial charge on any atom is 0.243 e. The Hall–Kier alpha value is -2.29. The quantitative estimate of drug-likeness (QED) is 0.781. The van der Waals surface area contributed by atoms with Gasteiger partial charge in [-0.3, -0.25) is 9.69 Å². The summed E-state index contributed by atoms with van der Waals surface area (Å²) >= 11 is 0. The molecular weight excluding hydrogens is 393 g/mol. The molecule has 2 aromatic rings. The predicted molar refractivity (Wildman–Crippen MR) is 109 cm³/mol. The maximum absolute atomic E-state index is 13.1. The second-order valence-corrected chi connectivity index (χ2v) is 9.13. The SMILES string of the molecule is C[C@H](NC(=O)CN1CCCN(S(=O)(=O)c2ccc(F)cc2)CC1)c1ccccc1. The van der Waals surface area contributed by atoms with Crippen molar-refractivity contribution in [3.05, 3.63) is 66.0 Å². The number of hydrogen-bond acceptors (Lipinski definition) is 4. The van der Waals surface area contributed by atoms with Crippen molar-refractivity contribution in [2.45, 2.75) is 24.3 Å². The van der Waals surface area contributed by atoms with Crippen LogP contribution >= 0.6 is 0 Å². The third-order valence-corrected chi connectivity index (χ3v) is 6.96. The lowest BCUT2D eigenvalue weighted by molar-refractivity contribution is -0.122. The van der Waals surface area contributed by atoms with E-state index in [1.54, 1.807) is 0 Å². The van der Waals surface area contributed by atoms with E-state index in [1.807, 2.05) is 42.2 Å². The highest BCUT2D eigenvalue weighted by Crippen LogP contribution is 2.18. The largest absolute Gasteiger partial charge is 0.348 e. The fourth-order valence-corrected chi connectivity index (χ4v) is 4.89. The van der Waals surface area contributed by atoms with Gasteiger partial charge in [0.2, 0.25) is 15.9 Å². The molecule has 0 saturated carbocycles. The molecule has 1 heterocycles. The minimum atomic E-state index is -3.67. The van der Waals surface area contributed by atoms with Crippen LogP contribution in [0.5, 0.6) is 0 Å². The molecule has 1 atom stereocenters. The minimum Gasteiger partial charge on any atom is -0.348 e. The second kappa shape index (κ2) is 9.47. The first-order chi connectivity index (χ1) is 13.9. The summed E-state index contributed by atoms with van der Waals surface area (Å²) in [5.41, 5.74) is 1.04. The average Bonchev–Trinajstić information content (AvgIpc) is 2.95. The van der Waals surface area contributed by atoms with Gasteiger partial charge in [-0.15, -0.1) is 0 Å². The predicted octanol–water partition coefficient (Wildman–Crippen LogP) is 2.40. The summed E-state index contributed by atoms with van der Waals surface area (Å²) in [5, 5.41) is 2.99. The molecule has 1 N–H and O–H groups in total. The molecule has 2 aromatic carbocycles. The fourth-order valence-electron chi connectivity index (χ4n) is 3.42. The Balaban J connectivity index is 1.55. The zero-order valence-electron chi connectivity index (χ0n) is 16.4. The lowest BCUT2D eigenvalue weighted by Crippen LogP contribution is -2.40. The van der Waals surface area contributed by atoms with Gasteiger partial charge in [-0.2, -0.15) is 4.31 Å². The Labute approximate surface area is 171 Å². The third-order valence-electron chi connectivity index (χ3n) is 5.04. The number of carbonyl (C=O) groups is 1. The Bertz CT molecular complexity index is 920. The monoisotopic (exact) mass is 419 g/mol. The standard InChI is InChI=1S/C21H26FN3O3S/c1-17(18-6-3-2-4-7-18)23-21(26)16-24-12-5-13-25(15-14-24)29(27,28)20-10-8-19(22)9-11-20/h2-4,6-11,17H,5,12-16H2,1H3,(H,23,26)/t17-/m0/s1. The van der Waals surface area contributed by atoms with Gasteiger partial charge in [0.05, 0.1) is 17.5 Å². The van der Waals surface area contributed by atoms with E-state index in [-0.39, 0.29) is 23.4 Å². The molecule has 1 amide bonds. The van der Waals surface area contributed by atoms with Crippen LogP contribution in [0, 0.1) is 5.82 Å². The highest BCUT2D eigenvalue weighted by atomic mass is 32.2. The molecule has 0 bridgehead atoms. The first-order valence-corrected chi connectivity index (χ1v) is 11.1. The van der Waals surface area contributed by atoms with Gasteiger partial charge in [0, 0.05) is 19.6 Å². The van der Waals surface area contributed by atoms with Crippen molar-refractivity contribution in [1.29, 1.82) is 0 Å². The molecule has 0 aromatic heterocycles. The lowest BCUT2D eigenvalue weighted by Gasteiger charge is -2.22. The van der Waals surface area contributed by atoms with E-state index >= 15 is 0 Å². The molecule has 29 heavy (non-hydrogen) atoms. The van der Waals surface area contributed by atoms with E-state index < -0.39 is 15.8 Å². The van der Waals surface area contributed by atoms with E-state index in [4.69, 9.17) is 0 Å². The summed E-state index contributed by atoms with van der Waals surface area (Å²) in [7, 11) is -3.67. The van der Waals surface area contributed by atoms with Crippen LogP contribution in [0.25, 0.3) is 0 Å². The Morgan fingerprint density at radius 1 is 1.03 bits per heavy atom. The summed E-state index contributed by atoms with van der Waals surface area (Å²) in [4.78, 5) is 14.5. The van der Waals surface area contributed by atoms with Gasteiger partial charge < -0.3 is 5.32 Å². The van der Waals surface area contributed by atoms with E-state index in [1.165, 1.54) is 16.4 Å². The van der Waals surface area contributed by atoms with E-state index in [9.17, 15) is 17.6 Å². The summed E-state index contributed by atoms with van der Waals surface area (Å²) in [6, 6.07) is 14.5. The molecule has 6 nitrogen and oxygen atoms in total. The van der Waals surface area contributed by atoms with Gasteiger partial charge in [0.15, 0.2) is 0 Å². The first-order valence-electron chi connectivity index (χ1n) is 9.68. The normalized spacial score (nSPS) is 17.4. The number of hydrogen-bond donors (Lipinski definition) is 1.